The fourth-order valence-corrected chi connectivity index (χ4v) is 3.30. The summed E-state index contributed by atoms with van der Waals surface area (Å²) in [6.45, 7) is 10.1. The molecule has 0 spiro atoms. The van der Waals surface area contributed by atoms with Crippen molar-refractivity contribution in [2.24, 2.45) is 0 Å². The molecule has 0 atom stereocenters. The molecule has 3 nitrogen and oxygen atoms in total. The van der Waals surface area contributed by atoms with Crippen LogP contribution in [0.1, 0.15) is 19.4 Å². The Morgan fingerprint density at radius 2 is 2.05 bits per heavy atom. The highest BCUT2D eigenvalue weighted by Gasteiger charge is 2.04. The lowest BCUT2D eigenvalue weighted by Crippen LogP contribution is -2.25. The summed E-state index contributed by atoms with van der Waals surface area (Å²) in [4.78, 5) is 3.60. The zero-order valence-electron chi connectivity index (χ0n) is 13.3. The fourth-order valence-electron chi connectivity index (χ4n) is 2.00. The number of nitrogens with zero attached hydrogens (tertiary/aromatic N) is 1. The van der Waals surface area contributed by atoms with Crippen LogP contribution in [-0.2, 0) is 11.3 Å². The van der Waals surface area contributed by atoms with Gasteiger partial charge in [0.25, 0.3) is 0 Å². The minimum absolute atomic E-state index is 0.729. The van der Waals surface area contributed by atoms with Crippen LogP contribution < -0.4 is 5.32 Å². The smallest absolute Gasteiger partial charge is 0.0587 e. The van der Waals surface area contributed by atoms with Gasteiger partial charge in [0.15, 0.2) is 0 Å². The third-order valence-corrected chi connectivity index (χ3v) is 4.85. The van der Waals surface area contributed by atoms with E-state index in [-0.39, 0.29) is 0 Å². The second-order valence-electron chi connectivity index (χ2n) is 4.81. The molecule has 0 radical (unpaired) electrons. The lowest BCUT2D eigenvalue weighted by Gasteiger charge is -2.17. The van der Waals surface area contributed by atoms with Crippen LogP contribution in [0.2, 0.25) is 5.02 Å². The molecule has 0 heterocycles. The monoisotopic (exact) mass is 330 g/mol. The molecule has 1 N–H and O–H groups in total. The van der Waals surface area contributed by atoms with Gasteiger partial charge in [0, 0.05) is 37.4 Å². The van der Waals surface area contributed by atoms with Crippen LogP contribution in [0.15, 0.2) is 23.1 Å². The lowest BCUT2D eigenvalue weighted by atomic mass is 10.2. The average Bonchev–Trinajstić information content (AvgIpc) is 2.50. The zero-order valence-corrected chi connectivity index (χ0v) is 14.9. The zero-order chi connectivity index (χ0) is 15.5. The average molecular weight is 331 g/mol. The molecular formula is C16H27ClN2OS. The maximum atomic E-state index is 6.37. The summed E-state index contributed by atoms with van der Waals surface area (Å²) in [5, 5.41) is 4.18. The SMILES string of the molecule is CCN(CC)CCSc1ccc(CNCCOC)cc1Cl. The maximum Gasteiger partial charge on any atom is 0.0587 e. The number of halogens is 1. The molecule has 0 aliphatic heterocycles. The molecule has 1 aromatic carbocycles. The summed E-state index contributed by atoms with van der Waals surface area (Å²) < 4.78 is 5.01. The van der Waals surface area contributed by atoms with Gasteiger partial charge in [-0.1, -0.05) is 31.5 Å². The summed E-state index contributed by atoms with van der Waals surface area (Å²) in [5.41, 5.74) is 1.21. The van der Waals surface area contributed by atoms with Crippen LogP contribution in [0.4, 0.5) is 0 Å². The molecule has 1 aromatic rings. The van der Waals surface area contributed by atoms with Gasteiger partial charge in [-0.3, -0.25) is 0 Å². The minimum atomic E-state index is 0.729. The van der Waals surface area contributed by atoms with E-state index < -0.39 is 0 Å². The molecular weight excluding hydrogens is 304 g/mol. The van der Waals surface area contributed by atoms with Crippen molar-refractivity contribution >= 4 is 23.4 Å². The Balaban J connectivity index is 2.39. The van der Waals surface area contributed by atoms with E-state index in [0.29, 0.717) is 0 Å². The predicted molar refractivity (Wildman–Crippen MR) is 93.5 cm³/mol. The number of ether oxygens (including phenoxy) is 1. The summed E-state index contributed by atoms with van der Waals surface area (Å²) in [5.74, 6) is 1.08. The Hall–Kier alpha value is -0.260. The normalized spacial score (nSPS) is 11.3. The minimum Gasteiger partial charge on any atom is -0.383 e. The first-order valence-corrected chi connectivity index (χ1v) is 8.90. The van der Waals surface area contributed by atoms with E-state index in [4.69, 9.17) is 16.3 Å². The van der Waals surface area contributed by atoms with Crippen LogP contribution in [-0.4, -0.2) is 50.5 Å². The highest BCUT2D eigenvalue weighted by molar-refractivity contribution is 7.99. The van der Waals surface area contributed by atoms with E-state index in [9.17, 15) is 0 Å². The molecule has 0 aromatic heterocycles. The van der Waals surface area contributed by atoms with E-state index in [1.165, 1.54) is 10.5 Å². The summed E-state index contributed by atoms with van der Waals surface area (Å²) in [7, 11) is 1.71. The standard InChI is InChI=1S/C16H27ClN2OS/c1-4-19(5-2)9-11-21-16-7-6-14(12-15(16)17)13-18-8-10-20-3/h6-7,12,18H,4-5,8-11,13H2,1-3H3. The van der Waals surface area contributed by atoms with Crippen LogP contribution >= 0.6 is 23.4 Å². The van der Waals surface area contributed by atoms with Crippen molar-refractivity contribution in [3.63, 3.8) is 0 Å². The van der Waals surface area contributed by atoms with Crippen LogP contribution in [0, 0.1) is 0 Å². The lowest BCUT2D eigenvalue weighted by molar-refractivity contribution is 0.199. The first-order valence-electron chi connectivity index (χ1n) is 7.54. The third-order valence-electron chi connectivity index (χ3n) is 3.37. The Bertz CT molecular complexity index is 400. The van der Waals surface area contributed by atoms with Gasteiger partial charge in [-0.2, -0.15) is 0 Å². The van der Waals surface area contributed by atoms with Gasteiger partial charge in [0.2, 0.25) is 0 Å². The Morgan fingerprint density at radius 3 is 2.67 bits per heavy atom. The van der Waals surface area contributed by atoms with E-state index in [1.54, 1.807) is 7.11 Å². The maximum absolute atomic E-state index is 6.37. The molecule has 0 amide bonds. The van der Waals surface area contributed by atoms with E-state index >= 15 is 0 Å². The molecule has 0 fully saturated rings. The van der Waals surface area contributed by atoms with Gasteiger partial charge in [-0.25, -0.2) is 0 Å². The molecule has 0 unspecified atom stereocenters. The Kier molecular flexibility index (Phi) is 10.1. The van der Waals surface area contributed by atoms with Crippen LogP contribution in [0.5, 0.6) is 0 Å². The first kappa shape index (κ1) is 18.8. The predicted octanol–water partition coefficient (Wildman–Crippen LogP) is 3.51. The largest absolute Gasteiger partial charge is 0.383 e. The molecule has 0 saturated heterocycles. The van der Waals surface area contributed by atoms with Crippen LogP contribution in [0.25, 0.3) is 0 Å². The van der Waals surface area contributed by atoms with Crippen molar-refractivity contribution < 1.29 is 4.74 Å². The Morgan fingerprint density at radius 1 is 1.29 bits per heavy atom. The topological polar surface area (TPSA) is 24.5 Å². The number of hydrogen-bond donors (Lipinski definition) is 1. The number of thioether (sulfide) groups is 1. The highest BCUT2D eigenvalue weighted by atomic mass is 35.5. The van der Waals surface area contributed by atoms with Gasteiger partial charge >= 0.3 is 0 Å². The molecule has 5 heteroatoms. The number of rotatable bonds is 11. The first-order chi connectivity index (χ1) is 10.2. The molecule has 1 rings (SSSR count). The van der Waals surface area contributed by atoms with Crippen molar-refractivity contribution in [1.82, 2.24) is 10.2 Å². The Labute approximate surface area is 138 Å². The second-order valence-corrected chi connectivity index (χ2v) is 6.35. The molecule has 0 aliphatic rings. The molecule has 0 bridgehead atoms. The van der Waals surface area contributed by atoms with Crippen molar-refractivity contribution in [3.8, 4) is 0 Å². The molecule has 120 valence electrons. The summed E-state index contributed by atoms with van der Waals surface area (Å²) in [6, 6.07) is 6.33. The highest BCUT2D eigenvalue weighted by Crippen LogP contribution is 2.28. The van der Waals surface area contributed by atoms with Crippen molar-refractivity contribution in [2.75, 3.05) is 45.6 Å². The summed E-state index contributed by atoms with van der Waals surface area (Å²) in [6.07, 6.45) is 0. The van der Waals surface area contributed by atoms with Crippen molar-refractivity contribution in [1.29, 1.82) is 0 Å². The van der Waals surface area contributed by atoms with Crippen LogP contribution in [0.3, 0.4) is 0 Å². The number of nitrogens with one attached hydrogen (secondary N) is 1. The van der Waals surface area contributed by atoms with E-state index in [0.717, 1.165) is 50.1 Å². The molecule has 0 aliphatic carbocycles. The van der Waals surface area contributed by atoms with Crippen molar-refractivity contribution in [3.05, 3.63) is 28.8 Å². The van der Waals surface area contributed by atoms with E-state index in [2.05, 4.69) is 42.3 Å². The van der Waals surface area contributed by atoms with Gasteiger partial charge < -0.3 is 15.0 Å². The van der Waals surface area contributed by atoms with Gasteiger partial charge in [-0.05, 0) is 30.8 Å². The molecule has 21 heavy (non-hydrogen) atoms. The fraction of sp³-hybridized carbons (Fsp3) is 0.625. The molecule has 0 saturated carbocycles. The summed E-state index contributed by atoms with van der Waals surface area (Å²) >= 11 is 8.20. The van der Waals surface area contributed by atoms with Gasteiger partial charge in [0.1, 0.15) is 0 Å². The third kappa shape index (κ3) is 7.52. The van der Waals surface area contributed by atoms with E-state index in [1.807, 2.05) is 11.8 Å². The number of methoxy groups -OCH3 is 1. The second kappa shape index (κ2) is 11.3. The van der Waals surface area contributed by atoms with Crippen molar-refractivity contribution in [2.45, 2.75) is 25.3 Å². The number of benzene rings is 1. The quantitative estimate of drug-likeness (QED) is 0.495. The van der Waals surface area contributed by atoms with Gasteiger partial charge in [0.05, 0.1) is 11.6 Å². The van der Waals surface area contributed by atoms with Gasteiger partial charge in [-0.15, -0.1) is 11.8 Å². The number of hydrogen-bond acceptors (Lipinski definition) is 4.